The van der Waals surface area contributed by atoms with E-state index in [1.807, 2.05) is 45.0 Å². The Hall–Kier alpha value is -2.46. The van der Waals surface area contributed by atoms with E-state index in [0.717, 1.165) is 5.56 Å². The maximum Gasteiger partial charge on any atom is 0.264 e. The van der Waals surface area contributed by atoms with Gasteiger partial charge in [0.25, 0.3) is 5.91 Å². The second-order valence-corrected chi connectivity index (χ2v) is 6.61. The van der Waals surface area contributed by atoms with E-state index in [1.165, 1.54) is 0 Å². The number of carbonyl (C=O) groups excluding carboxylic acids is 2. The molecule has 2 aromatic carbocycles. The van der Waals surface area contributed by atoms with E-state index in [1.54, 1.807) is 29.2 Å². The summed E-state index contributed by atoms with van der Waals surface area (Å²) in [5, 5.41) is 11.1. The number of hydrogen-bond acceptors (Lipinski definition) is 3. The molecule has 4 nitrogen and oxygen atoms in total. The highest BCUT2D eigenvalue weighted by atomic mass is 16.3. The Bertz CT molecular complexity index is 795. The summed E-state index contributed by atoms with van der Waals surface area (Å²) in [6, 6.07) is 14.2. The molecule has 24 heavy (non-hydrogen) atoms. The van der Waals surface area contributed by atoms with Gasteiger partial charge in [0.1, 0.15) is 0 Å². The summed E-state index contributed by atoms with van der Waals surface area (Å²) < 4.78 is 0. The summed E-state index contributed by atoms with van der Waals surface area (Å²) in [4.78, 5) is 27.1. The van der Waals surface area contributed by atoms with Gasteiger partial charge in [0.05, 0.1) is 12.1 Å². The van der Waals surface area contributed by atoms with Crippen molar-refractivity contribution in [2.45, 2.75) is 38.8 Å². The number of para-hydroxylation sites is 1. The number of hydrogen-bond donors (Lipinski definition) is 1. The fraction of sp³-hybridized carbons (Fsp3) is 0.300. The van der Waals surface area contributed by atoms with Gasteiger partial charge in [0.15, 0.2) is 11.4 Å². The van der Waals surface area contributed by atoms with Gasteiger partial charge < -0.3 is 10.0 Å². The zero-order valence-corrected chi connectivity index (χ0v) is 14.1. The monoisotopic (exact) mass is 323 g/mol. The number of fused-ring (bicyclic) bond motifs is 1. The molecule has 0 unspecified atom stereocenters. The predicted molar refractivity (Wildman–Crippen MR) is 93.1 cm³/mol. The zero-order chi connectivity index (χ0) is 17.5. The Labute approximate surface area is 141 Å². The molecular weight excluding hydrogens is 302 g/mol. The van der Waals surface area contributed by atoms with E-state index >= 15 is 0 Å². The van der Waals surface area contributed by atoms with Crippen LogP contribution in [0.2, 0.25) is 0 Å². The van der Waals surface area contributed by atoms with Gasteiger partial charge in [-0.2, -0.15) is 0 Å². The van der Waals surface area contributed by atoms with Crippen molar-refractivity contribution in [3.8, 4) is 0 Å². The Kier molecular flexibility index (Phi) is 4.01. The number of ketones is 1. The van der Waals surface area contributed by atoms with Gasteiger partial charge in [-0.15, -0.1) is 0 Å². The number of aryl methyl sites for hydroxylation is 1. The number of benzene rings is 2. The van der Waals surface area contributed by atoms with Gasteiger partial charge >= 0.3 is 0 Å². The van der Waals surface area contributed by atoms with E-state index in [2.05, 4.69) is 0 Å². The number of aliphatic hydroxyl groups is 1. The molecule has 0 spiro atoms. The third-order valence-electron chi connectivity index (χ3n) is 4.49. The van der Waals surface area contributed by atoms with Crippen molar-refractivity contribution in [3.05, 3.63) is 65.2 Å². The van der Waals surface area contributed by atoms with Crippen LogP contribution in [-0.4, -0.2) is 22.8 Å². The fourth-order valence-corrected chi connectivity index (χ4v) is 3.21. The largest absolute Gasteiger partial charge is 0.375 e. The molecular formula is C20H21NO3. The maximum absolute atomic E-state index is 12.9. The number of nitrogens with zero attached hydrogens (tertiary/aromatic N) is 1. The number of anilines is 1. The maximum atomic E-state index is 12.9. The van der Waals surface area contributed by atoms with Crippen LogP contribution in [0.5, 0.6) is 0 Å². The topological polar surface area (TPSA) is 57.6 Å². The van der Waals surface area contributed by atoms with Crippen molar-refractivity contribution in [1.29, 1.82) is 0 Å². The van der Waals surface area contributed by atoms with Gasteiger partial charge in [0.2, 0.25) is 0 Å². The molecule has 1 atom stereocenters. The van der Waals surface area contributed by atoms with Crippen LogP contribution in [0.4, 0.5) is 5.69 Å². The average Bonchev–Trinajstić information content (AvgIpc) is 2.76. The summed E-state index contributed by atoms with van der Waals surface area (Å²) in [6.45, 7) is 5.73. The second kappa shape index (κ2) is 5.87. The average molecular weight is 323 g/mol. The molecule has 0 aliphatic carbocycles. The molecule has 0 radical (unpaired) electrons. The quantitative estimate of drug-likeness (QED) is 0.879. The molecule has 0 saturated carbocycles. The summed E-state index contributed by atoms with van der Waals surface area (Å²) in [5.41, 5.74) is 0.935. The van der Waals surface area contributed by atoms with E-state index in [-0.39, 0.29) is 18.2 Å². The molecule has 1 aliphatic heterocycles. The molecule has 0 fully saturated rings. The Balaban J connectivity index is 1.98. The molecule has 1 amide bonds. The summed E-state index contributed by atoms with van der Waals surface area (Å²) in [7, 11) is 0. The van der Waals surface area contributed by atoms with E-state index in [9.17, 15) is 14.7 Å². The molecule has 1 aliphatic rings. The van der Waals surface area contributed by atoms with Gasteiger partial charge in [-0.25, -0.2) is 0 Å². The molecule has 0 aromatic heterocycles. The van der Waals surface area contributed by atoms with Gasteiger partial charge in [-0.05, 0) is 26.8 Å². The number of amides is 1. The minimum atomic E-state index is -1.80. The van der Waals surface area contributed by atoms with Gasteiger partial charge in [-0.1, -0.05) is 48.0 Å². The van der Waals surface area contributed by atoms with Crippen molar-refractivity contribution in [1.82, 2.24) is 0 Å². The van der Waals surface area contributed by atoms with E-state index in [4.69, 9.17) is 0 Å². The molecule has 4 heteroatoms. The minimum absolute atomic E-state index is 0.0952. The van der Waals surface area contributed by atoms with Crippen molar-refractivity contribution < 1.29 is 14.7 Å². The van der Waals surface area contributed by atoms with Crippen molar-refractivity contribution in [3.63, 3.8) is 0 Å². The van der Waals surface area contributed by atoms with Crippen LogP contribution in [0.3, 0.4) is 0 Å². The van der Waals surface area contributed by atoms with Crippen LogP contribution >= 0.6 is 0 Å². The Morgan fingerprint density at radius 1 is 1.12 bits per heavy atom. The molecule has 0 saturated heterocycles. The first-order chi connectivity index (χ1) is 11.3. The van der Waals surface area contributed by atoms with Crippen LogP contribution in [0.15, 0.2) is 48.5 Å². The van der Waals surface area contributed by atoms with E-state index < -0.39 is 11.5 Å². The third-order valence-corrected chi connectivity index (χ3v) is 4.49. The molecule has 1 heterocycles. The standard InChI is InChI=1S/C20H21NO3/c1-13(2)21-17-7-5-4-6-16(17)20(24,19(21)23)12-18(22)15-10-8-14(3)9-11-15/h4-11,13,24H,12H2,1-3H3/t20-/m0/s1. The van der Waals surface area contributed by atoms with Crippen molar-refractivity contribution in [2.24, 2.45) is 0 Å². The second-order valence-electron chi connectivity index (χ2n) is 6.61. The zero-order valence-electron chi connectivity index (χ0n) is 14.1. The SMILES string of the molecule is Cc1ccc(C(=O)C[C@@]2(O)C(=O)N(C(C)C)c3ccccc32)cc1. The summed E-state index contributed by atoms with van der Waals surface area (Å²) >= 11 is 0. The number of carbonyl (C=O) groups is 2. The van der Waals surface area contributed by atoms with Crippen LogP contribution in [-0.2, 0) is 10.4 Å². The lowest BCUT2D eigenvalue weighted by Crippen LogP contribution is -2.44. The highest BCUT2D eigenvalue weighted by molar-refractivity contribution is 6.11. The lowest BCUT2D eigenvalue weighted by molar-refractivity contribution is -0.136. The smallest absolute Gasteiger partial charge is 0.264 e. The Morgan fingerprint density at radius 3 is 2.38 bits per heavy atom. The highest BCUT2D eigenvalue weighted by Crippen LogP contribution is 2.43. The highest BCUT2D eigenvalue weighted by Gasteiger charge is 2.51. The van der Waals surface area contributed by atoms with Crippen LogP contribution in [0, 0.1) is 6.92 Å². The number of Topliss-reactive ketones (excluding diaryl/α,β-unsaturated/α-hetero) is 1. The lowest BCUT2D eigenvalue weighted by Gasteiger charge is -2.25. The lowest BCUT2D eigenvalue weighted by atomic mass is 9.88. The fourth-order valence-electron chi connectivity index (χ4n) is 3.21. The predicted octanol–water partition coefficient (Wildman–Crippen LogP) is 3.21. The third kappa shape index (κ3) is 2.53. The van der Waals surface area contributed by atoms with Crippen LogP contribution in [0.1, 0.15) is 41.8 Å². The molecule has 0 bridgehead atoms. The molecule has 3 rings (SSSR count). The molecule has 2 aromatic rings. The molecule has 1 N–H and O–H groups in total. The summed E-state index contributed by atoms with van der Waals surface area (Å²) in [6.07, 6.45) is -0.255. The minimum Gasteiger partial charge on any atom is -0.375 e. The Morgan fingerprint density at radius 2 is 1.75 bits per heavy atom. The first kappa shape index (κ1) is 16.4. The van der Waals surface area contributed by atoms with Crippen LogP contribution < -0.4 is 4.90 Å². The van der Waals surface area contributed by atoms with Gasteiger partial charge in [0, 0.05) is 17.2 Å². The van der Waals surface area contributed by atoms with Crippen LogP contribution in [0.25, 0.3) is 0 Å². The van der Waals surface area contributed by atoms with Crippen molar-refractivity contribution >= 4 is 17.4 Å². The summed E-state index contributed by atoms with van der Waals surface area (Å²) in [5.74, 6) is -0.676. The van der Waals surface area contributed by atoms with E-state index in [0.29, 0.717) is 16.8 Å². The van der Waals surface area contributed by atoms with Gasteiger partial charge in [-0.3, -0.25) is 9.59 Å². The first-order valence-corrected chi connectivity index (χ1v) is 8.10. The first-order valence-electron chi connectivity index (χ1n) is 8.10. The number of rotatable bonds is 4. The normalized spacial score (nSPS) is 19.7. The molecule has 124 valence electrons. The van der Waals surface area contributed by atoms with Crippen molar-refractivity contribution in [2.75, 3.05) is 4.90 Å².